The molecule has 0 aromatic heterocycles. The molecule has 2 fully saturated rings. The molecule has 0 radical (unpaired) electrons. The van der Waals surface area contributed by atoms with Crippen LogP contribution in [0, 0.1) is 0 Å². The van der Waals surface area contributed by atoms with Crippen molar-refractivity contribution in [2.75, 3.05) is 12.4 Å². The molecule has 0 amide bonds. The second-order valence-corrected chi connectivity index (χ2v) is 7.72. The van der Waals surface area contributed by atoms with Crippen LogP contribution in [0.15, 0.2) is 29.2 Å². The van der Waals surface area contributed by atoms with E-state index in [1.165, 1.54) is 61.9 Å². The van der Waals surface area contributed by atoms with E-state index in [0.717, 1.165) is 5.25 Å². The van der Waals surface area contributed by atoms with Crippen molar-refractivity contribution in [2.24, 2.45) is 0 Å². The molecule has 3 heteroatoms. The number of hydrogen-bond acceptors (Lipinski definition) is 3. The smallest absolute Gasteiger partial charge is 0.0572 e. The predicted molar refractivity (Wildman–Crippen MR) is 91.2 cm³/mol. The van der Waals surface area contributed by atoms with Gasteiger partial charge in [0.05, 0.1) is 6.10 Å². The fraction of sp³-hybridized carbons (Fsp3) is 0.667. The summed E-state index contributed by atoms with van der Waals surface area (Å²) in [5, 5.41) is 4.62. The molecule has 0 saturated heterocycles. The van der Waals surface area contributed by atoms with E-state index in [4.69, 9.17) is 4.74 Å². The zero-order chi connectivity index (χ0) is 14.5. The van der Waals surface area contributed by atoms with Gasteiger partial charge in [0.1, 0.15) is 0 Å². The minimum absolute atomic E-state index is 0.478. The molecule has 1 aromatic rings. The quantitative estimate of drug-likeness (QED) is 0.818. The number of rotatable bonds is 5. The lowest BCUT2D eigenvalue weighted by Gasteiger charge is -2.29. The lowest BCUT2D eigenvalue weighted by atomic mass is 9.93. The molecular weight excluding hydrogens is 278 g/mol. The first kappa shape index (κ1) is 15.2. The molecule has 21 heavy (non-hydrogen) atoms. The number of anilines is 1. The van der Waals surface area contributed by atoms with Crippen molar-refractivity contribution >= 4 is 17.4 Å². The summed E-state index contributed by atoms with van der Waals surface area (Å²) in [7, 11) is 1.84. The average molecular weight is 305 g/mol. The monoisotopic (exact) mass is 305 g/mol. The van der Waals surface area contributed by atoms with E-state index in [2.05, 4.69) is 41.3 Å². The lowest BCUT2D eigenvalue weighted by molar-refractivity contribution is 0.0681. The number of thioether (sulfide) groups is 1. The zero-order valence-electron chi connectivity index (χ0n) is 13.0. The molecule has 0 unspecified atom stereocenters. The molecule has 0 atom stereocenters. The van der Waals surface area contributed by atoms with Crippen LogP contribution < -0.4 is 5.32 Å². The van der Waals surface area contributed by atoms with Crippen molar-refractivity contribution in [3.8, 4) is 0 Å². The van der Waals surface area contributed by atoms with Gasteiger partial charge >= 0.3 is 0 Å². The third kappa shape index (κ3) is 4.17. The van der Waals surface area contributed by atoms with Gasteiger partial charge in [0.15, 0.2) is 0 Å². The Labute approximate surface area is 133 Å². The molecule has 2 aliphatic carbocycles. The summed E-state index contributed by atoms with van der Waals surface area (Å²) in [5.41, 5.74) is 1.34. The third-order valence-electron chi connectivity index (χ3n) is 4.85. The van der Waals surface area contributed by atoms with Crippen LogP contribution in [0.5, 0.6) is 0 Å². The van der Waals surface area contributed by atoms with Crippen LogP contribution in [-0.4, -0.2) is 24.5 Å². The van der Waals surface area contributed by atoms with Gasteiger partial charge < -0.3 is 10.1 Å². The van der Waals surface area contributed by atoms with Gasteiger partial charge in [-0.05, 0) is 50.7 Å². The van der Waals surface area contributed by atoms with Gasteiger partial charge in [-0.3, -0.25) is 0 Å². The fourth-order valence-corrected chi connectivity index (χ4v) is 4.88. The molecule has 0 bridgehead atoms. The molecule has 116 valence electrons. The van der Waals surface area contributed by atoms with Crippen molar-refractivity contribution in [2.45, 2.75) is 73.7 Å². The van der Waals surface area contributed by atoms with Crippen LogP contribution in [0.4, 0.5) is 5.69 Å². The number of benzene rings is 1. The Balaban J connectivity index is 1.59. The van der Waals surface area contributed by atoms with Crippen LogP contribution in [-0.2, 0) is 4.74 Å². The molecule has 2 aliphatic rings. The van der Waals surface area contributed by atoms with E-state index in [9.17, 15) is 0 Å². The Morgan fingerprint density at radius 3 is 2.43 bits per heavy atom. The second-order valence-electron chi connectivity index (χ2n) is 6.37. The first-order valence-corrected chi connectivity index (χ1v) is 9.28. The van der Waals surface area contributed by atoms with Gasteiger partial charge in [0, 0.05) is 29.0 Å². The number of para-hydroxylation sites is 1. The zero-order valence-corrected chi connectivity index (χ0v) is 13.8. The normalized spacial score (nSPS) is 26.9. The van der Waals surface area contributed by atoms with E-state index in [1.807, 2.05) is 7.11 Å². The van der Waals surface area contributed by atoms with E-state index in [0.29, 0.717) is 12.1 Å². The van der Waals surface area contributed by atoms with E-state index in [1.54, 1.807) is 0 Å². The highest BCUT2D eigenvalue weighted by atomic mass is 32.2. The maximum absolute atomic E-state index is 5.47. The minimum atomic E-state index is 0.478. The molecule has 3 rings (SSSR count). The summed E-state index contributed by atoms with van der Waals surface area (Å²) < 4.78 is 5.47. The highest BCUT2D eigenvalue weighted by Crippen LogP contribution is 2.38. The first-order valence-electron chi connectivity index (χ1n) is 8.40. The minimum Gasteiger partial charge on any atom is -0.381 e. The topological polar surface area (TPSA) is 21.3 Å². The third-order valence-corrected chi connectivity index (χ3v) is 6.26. The van der Waals surface area contributed by atoms with Gasteiger partial charge in [0.2, 0.25) is 0 Å². The Morgan fingerprint density at radius 2 is 1.71 bits per heavy atom. The molecule has 0 heterocycles. The second kappa shape index (κ2) is 7.55. The van der Waals surface area contributed by atoms with Gasteiger partial charge in [-0.15, -0.1) is 11.8 Å². The Morgan fingerprint density at radius 1 is 1.00 bits per heavy atom. The van der Waals surface area contributed by atoms with Crippen molar-refractivity contribution in [1.82, 2.24) is 0 Å². The van der Waals surface area contributed by atoms with Gasteiger partial charge in [-0.2, -0.15) is 0 Å². The average Bonchev–Trinajstić information content (AvgIpc) is 3.03. The summed E-state index contributed by atoms with van der Waals surface area (Å²) in [6.07, 6.45) is 10.9. The number of methoxy groups -OCH3 is 1. The van der Waals surface area contributed by atoms with Crippen LogP contribution in [0.1, 0.15) is 51.4 Å². The molecule has 1 aromatic carbocycles. The largest absolute Gasteiger partial charge is 0.381 e. The standard InChI is InChI=1S/C18H27NOS/c1-20-15-12-10-14(11-13-15)19-17-8-4-5-9-18(17)21-16-6-2-3-7-16/h4-5,8-9,14-16,19H,2-3,6-7,10-13H2,1H3. The van der Waals surface area contributed by atoms with Gasteiger partial charge in [-0.1, -0.05) is 25.0 Å². The fourth-order valence-electron chi connectivity index (χ4n) is 3.54. The number of nitrogens with one attached hydrogen (secondary N) is 1. The van der Waals surface area contributed by atoms with E-state index >= 15 is 0 Å². The van der Waals surface area contributed by atoms with E-state index in [-0.39, 0.29) is 0 Å². The Hall–Kier alpha value is -0.670. The molecular formula is C18H27NOS. The Bertz CT molecular complexity index is 437. The SMILES string of the molecule is COC1CCC(Nc2ccccc2SC2CCCC2)CC1. The molecule has 0 aliphatic heterocycles. The summed E-state index contributed by atoms with van der Waals surface area (Å²) in [6, 6.07) is 9.47. The molecule has 2 nitrogen and oxygen atoms in total. The summed E-state index contributed by atoms with van der Waals surface area (Å²) in [4.78, 5) is 1.44. The van der Waals surface area contributed by atoms with Gasteiger partial charge in [-0.25, -0.2) is 0 Å². The van der Waals surface area contributed by atoms with Crippen LogP contribution in [0.3, 0.4) is 0 Å². The molecule has 0 spiro atoms. The number of hydrogen-bond donors (Lipinski definition) is 1. The highest BCUT2D eigenvalue weighted by Gasteiger charge is 2.22. The van der Waals surface area contributed by atoms with Crippen LogP contribution in [0.2, 0.25) is 0 Å². The number of ether oxygens (including phenoxy) is 1. The predicted octanol–water partition coefficient (Wildman–Crippen LogP) is 5.09. The van der Waals surface area contributed by atoms with E-state index < -0.39 is 0 Å². The lowest BCUT2D eigenvalue weighted by Crippen LogP contribution is -2.29. The first-order chi connectivity index (χ1) is 10.3. The van der Waals surface area contributed by atoms with Crippen molar-refractivity contribution in [3.63, 3.8) is 0 Å². The maximum Gasteiger partial charge on any atom is 0.0572 e. The van der Waals surface area contributed by atoms with Crippen LogP contribution >= 0.6 is 11.8 Å². The van der Waals surface area contributed by atoms with Crippen molar-refractivity contribution in [3.05, 3.63) is 24.3 Å². The summed E-state index contributed by atoms with van der Waals surface area (Å²) in [6.45, 7) is 0. The Kier molecular flexibility index (Phi) is 5.48. The van der Waals surface area contributed by atoms with Gasteiger partial charge in [0.25, 0.3) is 0 Å². The highest BCUT2D eigenvalue weighted by molar-refractivity contribution is 8.00. The molecule has 1 N–H and O–H groups in total. The van der Waals surface area contributed by atoms with Crippen molar-refractivity contribution in [1.29, 1.82) is 0 Å². The van der Waals surface area contributed by atoms with Crippen molar-refractivity contribution < 1.29 is 4.74 Å². The molecule has 2 saturated carbocycles. The maximum atomic E-state index is 5.47. The van der Waals surface area contributed by atoms with Crippen LogP contribution in [0.25, 0.3) is 0 Å². The summed E-state index contributed by atoms with van der Waals surface area (Å²) in [5.74, 6) is 0. The summed E-state index contributed by atoms with van der Waals surface area (Å²) >= 11 is 2.08.